The number of aromatic nitrogens is 3. The Labute approximate surface area is 127 Å². The van der Waals surface area contributed by atoms with Gasteiger partial charge < -0.3 is 9.73 Å². The van der Waals surface area contributed by atoms with E-state index in [9.17, 15) is 4.79 Å². The number of rotatable bonds is 4. The number of aryl methyl sites for hydroxylation is 1. The first kappa shape index (κ1) is 13.8. The zero-order valence-corrected chi connectivity index (χ0v) is 11.9. The number of carbonyl (C=O) groups excluding carboxylic acids is 1. The van der Waals surface area contributed by atoms with Crippen LogP contribution in [0.2, 0.25) is 0 Å². The molecule has 22 heavy (non-hydrogen) atoms. The minimum Gasteiger partial charge on any atom is -0.465 e. The molecule has 0 spiro atoms. The van der Waals surface area contributed by atoms with E-state index < -0.39 is 0 Å². The fraction of sp³-hybridized carbons (Fsp3) is 0.0625. The summed E-state index contributed by atoms with van der Waals surface area (Å²) in [6.45, 7) is 1.90. The number of furan rings is 1. The quantitative estimate of drug-likeness (QED) is 0.751. The molecule has 0 aliphatic carbocycles. The second kappa shape index (κ2) is 6.09. The van der Waals surface area contributed by atoms with Crippen molar-refractivity contribution in [1.82, 2.24) is 14.5 Å². The van der Waals surface area contributed by atoms with Crippen LogP contribution >= 0.6 is 0 Å². The Kier molecular flexibility index (Phi) is 3.82. The van der Waals surface area contributed by atoms with E-state index >= 15 is 0 Å². The molecule has 0 saturated carbocycles. The maximum atomic E-state index is 11.8. The summed E-state index contributed by atoms with van der Waals surface area (Å²) in [5.41, 5.74) is 0.621. The number of hydrogen-bond donors (Lipinski definition) is 1. The molecule has 3 aromatic rings. The average molecular weight is 294 g/mol. The highest BCUT2D eigenvalue weighted by Crippen LogP contribution is 2.11. The van der Waals surface area contributed by atoms with Crippen LogP contribution in [0, 0.1) is 6.92 Å². The summed E-state index contributed by atoms with van der Waals surface area (Å²) in [6, 6.07) is 7.15. The summed E-state index contributed by atoms with van der Waals surface area (Å²) in [5, 5.41) is 2.74. The molecule has 0 unspecified atom stereocenters. The Balaban J connectivity index is 1.66. The summed E-state index contributed by atoms with van der Waals surface area (Å²) in [4.78, 5) is 20.3. The number of pyridine rings is 1. The lowest BCUT2D eigenvalue weighted by Gasteiger charge is -2.05. The van der Waals surface area contributed by atoms with Crippen molar-refractivity contribution < 1.29 is 9.21 Å². The van der Waals surface area contributed by atoms with Crippen LogP contribution in [0.5, 0.6) is 0 Å². The summed E-state index contributed by atoms with van der Waals surface area (Å²) in [6.07, 6.45) is 9.72. The number of anilines is 1. The van der Waals surface area contributed by atoms with Crippen molar-refractivity contribution >= 4 is 17.7 Å². The summed E-state index contributed by atoms with van der Waals surface area (Å²) in [7, 11) is 0. The maximum Gasteiger partial charge on any atom is 0.248 e. The summed E-state index contributed by atoms with van der Waals surface area (Å²) < 4.78 is 6.98. The standard InChI is InChI=1S/C16H14N4O2/c1-12-17-8-9-20(12)15-6-4-13(11-18-15)19-16(21)7-5-14-3-2-10-22-14/h2-11H,1H3,(H,19,21). The summed E-state index contributed by atoms with van der Waals surface area (Å²) >= 11 is 0. The van der Waals surface area contributed by atoms with Crippen molar-refractivity contribution in [3.05, 3.63) is 66.8 Å². The van der Waals surface area contributed by atoms with Gasteiger partial charge in [0, 0.05) is 18.5 Å². The van der Waals surface area contributed by atoms with Gasteiger partial charge in [0.15, 0.2) is 0 Å². The van der Waals surface area contributed by atoms with E-state index in [0.29, 0.717) is 11.4 Å². The minimum atomic E-state index is -0.246. The van der Waals surface area contributed by atoms with Crippen molar-refractivity contribution in [3.8, 4) is 5.82 Å². The fourth-order valence-electron chi connectivity index (χ4n) is 1.95. The van der Waals surface area contributed by atoms with Crippen LogP contribution in [0.1, 0.15) is 11.6 Å². The second-order valence-corrected chi connectivity index (χ2v) is 4.59. The van der Waals surface area contributed by atoms with Crippen molar-refractivity contribution in [3.63, 3.8) is 0 Å². The molecular formula is C16H14N4O2. The monoisotopic (exact) mass is 294 g/mol. The fourth-order valence-corrected chi connectivity index (χ4v) is 1.95. The van der Waals surface area contributed by atoms with Gasteiger partial charge in [-0.2, -0.15) is 0 Å². The van der Waals surface area contributed by atoms with Crippen LogP contribution in [-0.4, -0.2) is 20.4 Å². The van der Waals surface area contributed by atoms with Crippen molar-refractivity contribution in [2.24, 2.45) is 0 Å². The van der Waals surface area contributed by atoms with E-state index in [2.05, 4.69) is 15.3 Å². The smallest absolute Gasteiger partial charge is 0.248 e. The Bertz CT molecular complexity index is 786. The SMILES string of the molecule is Cc1nccn1-c1ccc(NC(=O)C=Cc2ccco2)cn1. The van der Waals surface area contributed by atoms with E-state index in [1.54, 1.807) is 42.9 Å². The molecule has 0 fully saturated rings. The largest absolute Gasteiger partial charge is 0.465 e. The van der Waals surface area contributed by atoms with E-state index in [4.69, 9.17) is 4.42 Å². The second-order valence-electron chi connectivity index (χ2n) is 4.59. The van der Waals surface area contributed by atoms with Crippen LogP contribution < -0.4 is 5.32 Å². The molecule has 0 aliphatic rings. The molecule has 1 amide bonds. The lowest BCUT2D eigenvalue weighted by Crippen LogP contribution is -2.08. The van der Waals surface area contributed by atoms with Crippen molar-refractivity contribution in [1.29, 1.82) is 0 Å². The van der Waals surface area contributed by atoms with Crippen LogP contribution in [0.3, 0.4) is 0 Å². The van der Waals surface area contributed by atoms with Gasteiger partial charge in [-0.15, -0.1) is 0 Å². The number of nitrogens with zero attached hydrogens (tertiary/aromatic N) is 3. The van der Waals surface area contributed by atoms with Crippen LogP contribution in [-0.2, 0) is 4.79 Å². The van der Waals surface area contributed by atoms with Gasteiger partial charge in [0.05, 0.1) is 18.1 Å². The van der Waals surface area contributed by atoms with Gasteiger partial charge in [0.1, 0.15) is 17.4 Å². The van der Waals surface area contributed by atoms with Crippen LogP contribution in [0.15, 0.2) is 59.6 Å². The third-order valence-corrected chi connectivity index (χ3v) is 3.03. The molecule has 0 atom stereocenters. The zero-order valence-electron chi connectivity index (χ0n) is 11.9. The van der Waals surface area contributed by atoms with Crippen LogP contribution in [0.4, 0.5) is 5.69 Å². The van der Waals surface area contributed by atoms with Gasteiger partial charge in [0.2, 0.25) is 5.91 Å². The molecule has 6 nitrogen and oxygen atoms in total. The summed E-state index contributed by atoms with van der Waals surface area (Å²) in [5.74, 6) is 1.98. The Morgan fingerprint density at radius 3 is 2.86 bits per heavy atom. The molecule has 3 aromatic heterocycles. The molecule has 3 rings (SSSR count). The third kappa shape index (κ3) is 3.12. The van der Waals surface area contributed by atoms with Crippen molar-refractivity contribution in [2.75, 3.05) is 5.32 Å². The van der Waals surface area contributed by atoms with E-state index in [1.807, 2.05) is 23.8 Å². The molecule has 0 aliphatic heterocycles. The van der Waals surface area contributed by atoms with Crippen LogP contribution in [0.25, 0.3) is 11.9 Å². The third-order valence-electron chi connectivity index (χ3n) is 3.03. The van der Waals surface area contributed by atoms with Gasteiger partial charge in [-0.1, -0.05) is 0 Å². The van der Waals surface area contributed by atoms with E-state index in [1.165, 1.54) is 6.08 Å². The highest BCUT2D eigenvalue weighted by Gasteiger charge is 2.03. The Hall–Kier alpha value is -3.15. The topological polar surface area (TPSA) is 73.0 Å². The first-order chi connectivity index (χ1) is 10.7. The van der Waals surface area contributed by atoms with Gasteiger partial charge in [0.25, 0.3) is 0 Å². The van der Waals surface area contributed by atoms with E-state index in [0.717, 1.165) is 11.6 Å². The number of amides is 1. The van der Waals surface area contributed by atoms with Gasteiger partial charge in [-0.3, -0.25) is 9.36 Å². The molecule has 6 heteroatoms. The number of carbonyl (C=O) groups is 1. The highest BCUT2D eigenvalue weighted by molar-refractivity contribution is 6.01. The molecular weight excluding hydrogens is 280 g/mol. The van der Waals surface area contributed by atoms with Crippen molar-refractivity contribution in [2.45, 2.75) is 6.92 Å². The zero-order chi connectivity index (χ0) is 15.4. The number of hydrogen-bond acceptors (Lipinski definition) is 4. The molecule has 0 saturated heterocycles. The Morgan fingerprint density at radius 2 is 2.23 bits per heavy atom. The first-order valence-corrected chi connectivity index (χ1v) is 6.71. The number of nitrogens with one attached hydrogen (secondary N) is 1. The predicted molar refractivity (Wildman–Crippen MR) is 82.5 cm³/mol. The lowest BCUT2D eigenvalue weighted by molar-refractivity contribution is -0.111. The normalized spacial score (nSPS) is 11.0. The highest BCUT2D eigenvalue weighted by atomic mass is 16.3. The average Bonchev–Trinajstić information content (AvgIpc) is 3.17. The van der Waals surface area contributed by atoms with Gasteiger partial charge in [-0.05, 0) is 37.3 Å². The molecule has 110 valence electrons. The van der Waals surface area contributed by atoms with Gasteiger partial charge in [-0.25, -0.2) is 9.97 Å². The minimum absolute atomic E-state index is 0.246. The molecule has 1 N–H and O–H groups in total. The maximum absolute atomic E-state index is 11.8. The predicted octanol–water partition coefficient (Wildman–Crippen LogP) is 2.82. The van der Waals surface area contributed by atoms with E-state index in [-0.39, 0.29) is 5.91 Å². The Morgan fingerprint density at radius 1 is 1.32 bits per heavy atom. The van der Waals surface area contributed by atoms with Gasteiger partial charge >= 0.3 is 0 Å². The molecule has 3 heterocycles. The number of imidazole rings is 1. The first-order valence-electron chi connectivity index (χ1n) is 6.71. The molecule has 0 aromatic carbocycles. The molecule has 0 bridgehead atoms. The molecule has 0 radical (unpaired) electrons. The lowest BCUT2D eigenvalue weighted by atomic mass is 10.3.